The zero-order valence-electron chi connectivity index (χ0n) is 16.9. The number of nitrogens with one attached hydrogen (secondary N) is 1. The van der Waals surface area contributed by atoms with Crippen LogP contribution in [0.1, 0.15) is 30.4 Å². The van der Waals surface area contributed by atoms with E-state index in [9.17, 15) is 17.6 Å². The Balaban J connectivity index is 0.00000341. The highest BCUT2D eigenvalue weighted by Crippen LogP contribution is 2.24. The van der Waals surface area contributed by atoms with Gasteiger partial charge in [0, 0.05) is 30.9 Å². The van der Waals surface area contributed by atoms with Crippen LogP contribution in [0.3, 0.4) is 0 Å². The number of nitrogens with two attached hydrogens (primary N) is 1. The average Bonchev–Trinajstić information content (AvgIpc) is 2.71. The van der Waals surface area contributed by atoms with E-state index in [4.69, 9.17) is 11.0 Å². The molecule has 1 heterocycles. The first-order valence-corrected chi connectivity index (χ1v) is 9.94. The van der Waals surface area contributed by atoms with Crippen LogP contribution in [-0.2, 0) is 6.42 Å². The largest absolute Gasteiger partial charge is 0.371 e. The van der Waals surface area contributed by atoms with Crippen LogP contribution in [0.4, 0.5) is 23.2 Å². The highest BCUT2D eigenvalue weighted by atomic mass is 35.5. The maximum Gasteiger partial charge on any atom is 0.159 e. The molecule has 0 amide bonds. The first-order valence-electron chi connectivity index (χ1n) is 9.94. The quantitative estimate of drug-likeness (QED) is 0.617. The molecule has 9 heteroatoms. The SMILES string of the molecule is Cl.N#Cc1c(F)cc(N2CCC(NCC[C@H](N)Cc3ccc(F)c(F)c3)CC2)cc1F. The van der Waals surface area contributed by atoms with Crippen LogP contribution < -0.4 is 16.0 Å². The molecule has 3 rings (SSSR count). The van der Waals surface area contributed by atoms with Crippen molar-refractivity contribution in [3.63, 3.8) is 0 Å². The number of rotatable bonds is 7. The van der Waals surface area contributed by atoms with Crippen LogP contribution in [0.15, 0.2) is 30.3 Å². The number of benzene rings is 2. The summed E-state index contributed by atoms with van der Waals surface area (Å²) >= 11 is 0. The maximum absolute atomic E-state index is 13.8. The van der Waals surface area contributed by atoms with E-state index in [1.54, 1.807) is 0 Å². The zero-order chi connectivity index (χ0) is 21.7. The van der Waals surface area contributed by atoms with Crippen LogP contribution in [-0.4, -0.2) is 31.7 Å². The number of anilines is 1. The Kier molecular flexibility index (Phi) is 9.11. The molecule has 1 aliphatic rings. The Bertz CT molecular complexity index is 903. The molecule has 1 aliphatic heterocycles. The lowest BCUT2D eigenvalue weighted by molar-refractivity contribution is 0.403. The molecule has 1 saturated heterocycles. The van der Waals surface area contributed by atoms with Crippen molar-refractivity contribution in [1.29, 1.82) is 5.26 Å². The first-order chi connectivity index (χ1) is 14.4. The fourth-order valence-corrected chi connectivity index (χ4v) is 3.74. The number of nitriles is 1. The molecule has 2 aromatic carbocycles. The topological polar surface area (TPSA) is 65.1 Å². The summed E-state index contributed by atoms with van der Waals surface area (Å²) in [5.74, 6) is -3.43. The Morgan fingerprint density at radius 1 is 1.03 bits per heavy atom. The molecule has 168 valence electrons. The van der Waals surface area contributed by atoms with Crippen molar-refractivity contribution in [2.24, 2.45) is 5.73 Å². The minimum Gasteiger partial charge on any atom is -0.371 e. The molecular formula is C22H25ClF4N4. The van der Waals surface area contributed by atoms with E-state index in [0.29, 0.717) is 43.7 Å². The standard InChI is InChI=1S/C22H24F4N4.ClH/c23-19-2-1-14(10-22(19)26)9-15(28)3-6-29-16-4-7-30(8-5-16)17-11-20(24)18(13-27)21(25)12-17;/h1-2,10-12,15-16,29H,3-9,28H2;1H/t15-;/m0./s1. The molecule has 4 nitrogen and oxygen atoms in total. The fraction of sp³-hybridized carbons (Fsp3) is 0.409. The van der Waals surface area contributed by atoms with Crippen molar-refractivity contribution in [1.82, 2.24) is 5.32 Å². The predicted molar refractivity (Wildman–Crippen MR) is 114 cm³/mol. The second-order valence-corrected chi connectivity index (χ2v) is 7.61. The monoisotopic (exact) mass is 456 g/mol. The van der Waals surface area contributed by atoms with Crippen molar-refractivity contribution < 1.29 is 17.6 Å². The summed E-state index contributed by atoms with van der Waals surface area (Å²) < 4.78 is 53.9. The molecule has 1 atom stereocenters. The van der Waals surface area contributed by atoms with Crippen molar-refractivity contribution in [3.05, 3.63) is 64.7 Å². The Hall–Kier alpha value is -2.34. The molecule has 0 aliphatic carbocycles. The second kappa shape index (κ2) is 11.3. The van der Waals surface area contributed by atoms with E-state index in [-0.39, 0.29) is 24.5 Å². The molecule has 0 unspecified atom stereocenters. The summed E-state index contributed by atoms with van der Waals surface area (Å²) in [6, 6.07) is 7.84. The molecule has 0 radical (unpaired) electrons. The third-order valence-electron chi connectivity index (χ3n) is 5.43. The highest BCUT2D eigenvalue weighted by Gasteiger charge is 2.21. The van der Waals surface area contributed by atoms with Gasteiger partial charge in [0.15, 0.2) is 11.6 Å². The van der Waals surface area contributed by atoms with Crippen LogP contribution in [0.25, 0.3) is 0 Å². The third-order valence-corrected chi connectivity index (χ3v) is 5.43. The molecule has 0 spiro atoms. The Morgan fingerprint density at radius 2 is 1.68 bits per heavy atom. The number of piperidine rings is 1. The van der Waals surface area contributed by atoms with Gasteiger partial charge in [0.1, 0.15) is 23.3 Å². The minimum atomic E-state index is -0.869. The van der Waals surface area contributed by atoms with Crippen molar-refractivity contribution >= 4 is 18.1 Å². The summed E-state index contributed by atoms with van der Waals surface area (Å²) in [5, 5.41) is 12.2. The predicted octanol–water partition coefficient (Wildman–Crippen LogP) is 4.05. The number of halogens is 5. The molecule has 0 bridgehead atoms. The van der Waals surface area contributed by atoms with E-state index in [1.807, 2.05) is 4.90 Å². The summed E-state index contributed by atoms with van der Waals surface area (Å²) in [4.78, 5) is 1.90. The first kappa shape index (κ1) is 24.9. The zero-order valence-corrected chi connectivity index (χ0v) is 17.7. The van der Waals surface area contributed by atoms with Gasteiger partial charge in [-0.1, -0.05) is 6.07 Å². The van der Waals surface area contributed by atoms with E-state index >= 15 is 0 Å². The molecule has 0 saturated carbocycles. The highest BCUT2D eigenvalue weighted by molar-refractivity contribution is 5.85. The summed E-state index contributed by atoms with van der Waals surface area (Å²) in [7, 11) is 0. The molecule has 0 aromatic heterocycles. The number of hydrogen-bond donors (Lipinski definition) is 2. The van der Waals surface area contributed by atoms with Gasteiger partial charge in [-0.15, -0.1) is 12.4 Å². The number of nitrogens with zero attached hydrogens (tertiary/aromatic N) is 2. The summed E-state index contributed by atoms with van der Waals surface area (Å²) in [6.45, 7) is 1.97. The third kappa shape index (κ3) is 6.57. The van der Waals surface area contributed by atoms with E-state index in [2.05, 4.69) is 5.32 Å². The van der Waals surface area contributed by atoms with Gasteiger partial charge < -0.3 is 16.0 Å². The lowest BCUT2D eigenvalue weighted by Gasteiger charge is -2.34. The molecular weight excluding hydrogens is 432 g/mol. The van der Waals surface area contributed by atoms with Gasteiger partial charge in [-0.3, -0.25) is 0 Å². The van der Waals surface area contributed by atoms with Crippen molar-refractivity contribution in [3.8, 4) is 6.07 Å². The average molecular weight is 457 g/mol. The van der Waals surface area contributed by atoms with Crippen LogP contribution in [0.2, 0.25) is 0 Å². The normalized spacial score (nSPS) is 15.3. The van der Waals surface area contributed by atoms with Gasteiger partial charge in [-0.2, -0.15) is 5.26 Å². The fourth-order valence-electron chi connectivity index (χ4n) is 3.74. The number of hydrogen-bond acceptors (Lipinski definition) is 4. The molecule has 2 aromatic rings. The summed E-state index contributed by atoms with van der Waals surface area (Å²) in [5.41, 5.74) is 6.65. The van der Waals surface area contributed by atoms with Crippen molar-refractivity contribution in [2.75, 3.05) is 24.5 Å². The lowest BCUT2D eigenvalue weighted by Crippen LogP contribution is -2.43. The van der Waals surface area contributed by atoms with Crippen LogP contribution in [0, 0.1) is 34.6 Å². The maximum atomic E-state index is 13.8. The van der Waals surface area contributed by atoms with Gasteiger partial charge in [-0.25, -0.2) is 17.6 Å². The molecule has 1 fully saturated rings. The van der Waals surface area contributed by atoms with E-state index in [1.165, 1.54) is 30.3 Å². The second-order valence-electron chi connectivity index (χ2n) is 7.61. The molecule has 3 N–H and O–H groups in total. The van der Waals surface area contributed by atoms with Gasteiger partial charge in [0.25, 0.3) is 0 Å². The van der Waals surface area contributed by atoms with Crippen LogP contribution in [0.5, 0.6) is 0 Å². The van der Waals surface area contributed by atoms with Crippen LogP contribution >= 0.6 is 12.4 Å². The van der Waals surface area contributed by atoms with Crippen molar-refractivity contribution in [2.45, 2.75) is 37.8 Å². The minimum absolute atomic E-state index is 0. The van der Waals surface area contributed by atoms with E-state index < -0.39 is 28.8 Å². The van der Waals surface area contributed by atoms with Gasteiger partial charge >= 0.3 is 0 Å². The Labute approximate surface area is 185 Å². The molecule has 31 heavy (non-hydrogen) atoms. The summed E-state index contributed by atoms with van der Waals surface area (Å²) in [6.07, 6.45) is 2.77. The van der Waals surface area contributed by atoms with Gasteiger partial charge in [-0.05, 0) is 62.1 Å². The lowest BCUT2D eigenvalue weighted by atomic mass is 10.0. The Morgan fingerprint density at radius 3 is 2.26 bits per heavy atom. The van der Waals surface area contributed by atoms with Gasteiger partial charge in [0.05, 0.1) is 0 Å². The smallest absolute Gasteiger partial charge is 0.159 e. The van der Waals surface area contributed by atoms with Gasteiger partial charge in [0.2, 0.25) is 0 Å². The van der Waals surface area contributed by atoms with E-state index in [0.717, 1.165) is 18.9 Å².